The van der Waals surface area contributed by atoms with Gasteiger partial charge in [0.25, 0.3) is 0 Å². The van der Waals surface area contributed by atoms with Crippen LogP contribution in [0, 0.1) is 0 Å². The Morgan fingerprint density at radius 3 is 2.85 bits per heavy atom. The second kappa shape index (κ2) is 6.01. The third-order valence-electron chi connectivity index (χ3n) is 4.48. The van der Waals surface area contributed by atoms with Crippen molar-refractivity contribution in [1.82, 2.24) is 19.7 Å². The summed E-state index contributed by atoms with van der Waals surface area (Å²) >= 11 is 0. The monoisotopic (exact) mass is 350 g/mol. The molecule has 7 heteroatoms. The molecule has 0 N–H and O–H groups in total. The molecule has 1 aliphatic heterocycles. The van der Waals surface area contributed by atoms with Gasteiger partial charge in [0, 0.05) is 18.2 Å². The molecular formula is C19H18N4O3. The molecule has 0 unspecified atom stereocenters. The summed E-state index contributed by atoms with van der Waals surface area (Å²) in [6.07, 6.45) is 3.74. The minimum absolute atomic E-state index is 0.243. The van der Waals surface area contributed by atoms with Crippen molar-refractivity contribution in [2.45, 2.75) is 31.8 Å². The summed E-state index contributed by atoms with van der Waals surface area (Å²) in [6, 6.07) is 11.3. The lowest BCUT2D eigenvalue weighted by Gasteiger charge is -2.15. The standard InChI is InChI=1S/C19H18N4O3/c1-12(26-14-7-8-15-16(10-14)25-11-24-15)19-21-18(13-5-6-13)22-23(19)17-4-2-3-9-20-17/h2-4,7-10,12-13H,5-6,11H2,1H3/t12-/m1/s1. The van der Waals surface area contributed by atoms with Gasteiger partial charge in [-0.15, -0.1) is 5.10 Å². The Morgan fingerprint density at radius 2 is 2.04 bits per heavy atom. The molecule has 2 aliphatic rings. The van der Waals surface area contributed by atoms with Crippen LogP contribution in [0.5, 0.6) is 17.2 Å². The second-order valence-corrected chi connectivity index (χ2v) is 6.48. The highest BCUT2D eigenvalue weighted by atomic mass is 16.7. The van der Waals surface area contributed by atoms with E-state index in [0.29, 0.717) is 17.4 Å². The fourth-order valence-electron chi connectivity index (χ4n) is 2.97. The van der Waals surface area contributed by atoms with Gasteiger partial charge in [0.2, 0.25) is 6.79 Å². The molecule has 2 aromatic heterocycles. The fraction of sp³-hybridized carbons (Fsp3) is 0.316. The normalized spacial score (nSPS) is 16.5. The SMILES string of the molecule is C[C@@H](Oc1ccc2c(c1)OCO2)c1nc(C2CC2)nn1-c1ccccn1. The highest BCUT2D eigenvalue weighted by Crippen LogP contribution is 2.39. The average molecular weight is 350 g/mol. The van der Waals surface area contributed by atoms with E-state index in [1.165, 1.54) is 0 Å². The molecule has 3 aromatic rings. The number of nitrogens with zero attached hydrogens (tertiary/aromatic N) is 4. The molecule has 0 radical (unpaired) electrons. The highest BCUT2D eigenvalue weighted by molar-refractivity contribution is 5.47. The number of rotatable bonds is 5. The van der Waals surface area contributed by atoms with Crippen molar-refractivity contribution in [2.75, 3.05) is 6.79 Å². The summed E-state index contributed by atoms with van der Waals surface area (Å²) in [7, 11) is 0. The lowest BCUT2D eigenvalue weighted by Crippen LogP contribution is -2.12. The summed E-state index contributed by atoms with van der Waals surface area (Å²) in [6.45, 7) is 2.21. The number of benzene rings is 1. The Bertz CT molecular complexity index is 937. The van der Waals surface area contributed by atoms with E-state index in [9.17, 15) is 0 Å². The molecule has 1 atom stereocenters. The maximum Gasteiger partial charge on any atom is 0.231 e. The molecule has 132 valence electrons. The van der Waals surface area contributed by atoms with Crippen LogP contribution in [0.3, 0.4) is 0 Å². The van der Waals surface area contributed by atoms with Gasteiger partial charge in [-0.05, 0) is 44.0 Å². The number of ether oxygens (including phenoxy) is 3. The van der Waals surface area contributed by atoms with Crippen LogP contribution in [0.1, 0.15) is 43.4 Å². The Labute approximate surface area is 150 Å². The number of pyridine rings is 1. The van der Waals surface area contributed by atoms with Crippen LogP contribution in [0.2, 0.25) is 0 Å². The van der Waals surface area contributed by atoms with E-state index in [2.05, 4.69) is 10.1 Å². The zero-order valence-electron chi connectivity index (χ0n) is 14.3. The van der Waals surface area contributed by atoms with Crippen molar-refractivity contribution in [2.24, 2.45) is 0 Å². The first kappa shape index (κ1) is 15.2. The van der Waals surface area contributed by atoms with Gasteiger partial charge in [-0.2, -0.15) is 4.68 Å². The van der Waals surface area contributed by atoms with E-state index in [0.717, 1.165) is 36.1 Å². The molecule has 5 rings (SSSR count). The molecule has 0 saturated heterocycles. The van der Waals surface area contributed by atoms with Gasteiger partial charge in [0.15, 0.2) is 35.1 Å². The third-order valence-corrected chi connectivity index (χ3v) is 4.48. The van der Waals surface area contributed by atoms with Gasteiger partial charge in [-0.25, -0.2) is 9.97 Å². The molecule has 1 aliphatic carbocycles. The summed E-state index contributed by atoms with van der Waals surface area (Å²) < 4.78 is 18.7. The first-order chi connectivity index (χ1) is 12.8. The topological polar surface area (TPSA) is 71.3 Å². The van der Waals surface area contributed by atoms with Crippen LogP contribution in [0.25, 0.3) is 5.82 Å². The molecule has 1 aromatic carbocycles. The van der Waals surface area contributed by atoms with E-state index >= 15 is 0 Å². The van der Waals surface area contributed by atoms with Crippen molar-refractivity contribution in [1.29, 1.82) is 0 Å². The number of hydrogen-bond acceptors (Lipinski definition) is 6. The molecule has 3 heterocycles. The van der Waals surface area contributed by atoms with Crippen molar-refractivity contribution in [3.8, 4) is 23.1 Å². The van der Waals surface area contributed by atoms with Crippen LogP contribution >= 0.6 is 0 Å². The van der Waals surface area contributed by atoms with E-state index < -0.39 is 0 Å². The lowest BCUT2D eigenvalue weighted by atomic mass is 10.3. The van der Waals surface area contributed by atoms with Gasteiger partial charge in [-0.3, -0.25) is 0 Å². The van der Waals surface area contributed by atoms with Crippen molar-refractivity contribution >= 4 is 0 Å². The quantitative estimate of drug-likeness (QED) is 0.702. The molecule has 26 heavy (non-hydrogen) atoms. The molecular weight excluding hydrogens is 332 g/mol. The largest absolute Gasteiger partial charge is 0.483 e. The van der Waals surface area contributed by atoms with Gasteiger partial charge < -0.3 is 14.2 Å². The maximum absolute atomic E-state index is 6.11. The van der Waals surface area contributed by atoms with E-state index in [1.807, 2.05) is 43.3 Å². The lowest BCUT2D eigenvalue weighted by molar-refractivity contribution is 0.173. The minimum atomic E-state index is -0.294. The van der Waals surface area contributed by atoms with Crippen molar-refractivity contribution in [3.63, 3.8) is 0 Å². The summed E-state index contributed by atoms with van der Waals surface area (Å²) in [5.41, 5.74) is 0. The smallest absolute Gasteiger partial charge is 0.231 e. The van der Waals surface area contributed by atoms with Crippen molar-refractivity contribution < 1.29 is 14.2 Å². The van der Waals surface area contributed by atoms with Gasteiger partial charge in [-0.1, -0.05) is 6.07 Å². The predicted molar refractivity (Wildman–Crippen MR) is 92.7 cm³/mol. The van der Waals surface area contributed by atoms with Gasteiger partial charge in [0.1, 0.15) is 5.75 Å². The summed E-state index contributed by atoms with van der Waals surface area (Å²) in [5, 5.41) is 4.68. The Hall–Kier alpha value is -3.09. The summed E-state index contributed by atoms with van der Waals surface area (Å²) in [4.78, 5) is 9.16. The predicted octanol–water partition coefficient (Wildman–Crippen LogP) is 3.41. The minimum Gasteiger partial charge on any atom is -0.483 e. The molecule has 1 saturated carbocycles. The Morgan fingerprint density at radius 1 is 1.15 bits per heavy atom. The summed E-state index contributed by atoms with van der Waals surface area (Å²) in [5.74, 6) is 4.93. The van der Waals surface area contributed by atoms with Crippen molar-refractivity contribution in [3.05, 3.63) is 54.2 Å². The van der Waals surface area contributed by atoms with Gasteiger partial charge >= 0.3 is 0 Å². The van der Waals surface area contributed by atoms with Crippen LogP contribution < -0.4 is 14.2 Å². The maximum atomic E-state index is 6.11. The zero-order chi connectivity index (χ0) is 17.5. The van der Waals surface area contributed by atoms with Gasteiger partial charge in [0.05, 0.1) is 0 Å². The van der Waals surface area contributed by atoms with E-state index in [1.54, 1.807) is 10.9 Å². The van der Waals surface area contributed by atoms with E-state index in [-0.39, 0.29) is 12.9 Å². The zero-order valence-corrected chi connectivity index (χ0v) is 14.3. The Balaban J connectivity index is 1.46. The highest BCUT2D eigenvalue weighted by Gasteiger charge is 2.31. The number of aromatic nitrogens is 4. The molecule has 0 amide bonds. The van der Waals surface area contributed by atoms with Crippen LogP contribution in [-0.2, 0) is 0 Å². The van der Waals surface area contributed by atoms with Crippen LogP contribution in [0.15, 0.2) is 42.6 Å². The Kier molecular flexibility index (Phi) is 3.51. The first-order valence-electron chi connectivity index (χ1n) is 8.72. The fourth-order valence-corrected chi connectivity index (χ4v) is 2.97. The van der Waals surface area contributed by atoms with Crippen LogP contribution in [-0.4, -0.2) is 26.5 Å². The average Bonchev–Trinajstić information content (AvgIpc) is 3.25. The molecule has 7 nitrogen and oxygen atoms in total. The molecule has 1 fully saturated rings. The third kappa shape index (κ3) is 2.75. The first-order valence-corrected chi connectivity index (χ1v) is 8.72. The second-order valence-electron chi connectivity index (χ2n) is 6.48. The number of hydrogen-bond donors (Lipinski definition) is 0. The van der Waals surface area contributed by atoms with Crippen LogP contribution in [0.4, 0.5) is 0 Å². The van der Waals surface area contributed by atoms with E-state index in [4.69, 9.17) is 19.2 Å². The number of fused-ring (bicyclic) bond motifs is 1. The molecule has 0 spiro atoms. The molecule has 0 bridgehead atoms.